The van der Waals surface area contributed by atoms with Crippen LogP contribution in [0.4, 0.5) is 0 Å². The molecule has 0 aliphatic carbocycles. The molecule has 0 spiro atoms. The molecular weight excluding hydrogens is 258 g/mol. The van der Waals surface area contributed by atoms with Gasteiger partial charge >= 0.3 is 0 Å². The zero-order valence-electron chi connectivity index (χ0n) is 11.5. The SMILES string of the molecule is CC(NCCOCC(N)=O)c1ccc(OCC#N)cc1. The normalized spacial score (nSPS) is 11.6. The summed E-state index contributed by atoms with van der Waals surface area (Å²) in [5.74, 6) is 0.207. The van der Waals surface area contributed by atoms with Crippen molar-refractivity contribution < 1.29 is 14.3 Å². The number of ether oxygens (including phenoxy) is 2. The van der Waals surface area contributed by atoms with Gasteiger partial charge in [0.2, 0.25) is 5.91 Å². The van der Waals surface area contributed by atoms with Crippen molar-refractivity contribution in [2.24, 2.45) is 5.73 Å². The predicted octanol–water partition coefficient (Wildman–Crippen LogP) is 0.741. The van der Waals surface area contributed by atoms with Crippen LogP contribution >= 0.6 is 0 Å². The number of amides is 1. The lowest BCUT2D eigenvalue weighted by Crippen LogP contribution is -2.25. The minimum atomic E-state index is -0.467. The molecule has 6 heteroatoms. The van der Waals surface area contributed by atoms with Crippen molar-refractivity contribution in [3.8, 4) is 11.8 Å². The topological polar surface area (TPSA) is 97.4 Å². The smallest absolute Gasteiger partial charge is 0.243 e. The zero-order valence-corrected chi connectivity index (χ0v) is 11.5. The molecule has 1 aromatic rings. The Balaban J connectivity index is 2.30. The summed E-state index contributed by atoms with van der Waals surface area (Å²) in [6.07, 6.45) is 0. The van der Waals surface area contributed by atoms with E-state index in [1.807, 2.05) is 37.3 Å². The molecule has 3 N–H and O–H groups in total. The summed E-state index contributed by atoms with van der Waals surface area (Å²) in [5, 5.41) is 11.7. The number of nitrogens with two attached hydrogens (primary N) is 1. The first-order valence-electron chi connectivity index (χ1n) is 6.32. The van der Waals surface area contributed by atoms with Crippen LogP contribution in [0.2, 0.25) is 0 Å². The number of carbonyl (C=O) groups excluding carboxylic acids is 1. The second kappa shape index (κ2) is 8.91. The molecule has 1 unspecified atom stereocenters. The number of carbonyl (C=O) groups is 1. The fourth-order valence-corrected chi connectivity index (χ4v) is 1.61. The molecule has 0 aliphatic heterocycles. The number of rotatable bonds is 9. The molecule has 1 amide bonds. The summed E-state index contributed by atoms with van der Waals surface area (Å²) in [6.45, 7) is 3.07. The third kappa shape index (κ3) is 6.18. The van der Waals surface area contributed by atoms with E-state index < -0.39 is 5.91 Å². The van der Waals surface area contributed by atoms with Crippen LogP contribution in [0.1, 0.15) is 18.5 Å². The predicted molar refractivity (Wildman–Crippen MR) is 74.0 cm³/mol. The van der Waals surface area contributed by atoms with Gasteiger partial charge in [0.1, 0.15) is 18.4 Å². The Morgan fingerprint density at radius 2 is 2.15 bits per heavy atom. The molecule has 0 aromatic heterocycles. The highest BCUT2D eigenvalue weighted by Gasteiger charge is 2.04. The van der Waals surface area contributed by atoms with Crippen LogP contribution in [0.5, 0.6) is 5.75 Å². The maximum atomic E-state index is 10.5. The van der Waals surface area contributed by atoms with E-state index in [9.17, 15) is 4.79 Å². The van der Waals surface area contributed by atoms with E-state index in [-0.39, 0.29) is 19.3 Å². The molecule has 0 saturated carbocycles. The molecule has 6 nitrogen and oxygen atoms in total. The van der Waals surface area contributed by atoms with Crippen LogP contribution in [-0.2, 0) is 9.53 Å². The number of primary amides is 1. The van der Waals surface area contributed by atoms with Gasteiger partial charge in [-0.1, -0.05) is 12.1 Å². The van der Waals surface area contributed by atoms with E-state index in [1.165, 1.54) is 0 Å². The fraction of sp³-hybridized carbons (Fsp3) is 0.429. The standard InChI is InChI=1S/C14H19N3O3/c1-11(17-7-9-19-10-14(16)18)12-2-4-13(5-3-12)20-8-6-15/h2-5,11,17H,7-10H2,1H3,(H2,16,18). The molecular formula is C14H19N3O3. The van der Waals surface area contributed by atoms with Crippen LogP contribution in [0.3, 0.4) is 0 Å². The van der Waals surface area contributed by atoms with Crippen molar-refractivity contribution in [1.82, 2.24) is 5.32 Å². The Kier molecular flexibility index (Phi) is 7.11. The monoisotopic (exact) mass is 277 g/mol. The van der Waals surface area contributed by atoms with E-state index in [0.717, 1.165) is 5.56 Å². The quantitative estimate of drug-likeness (QED) is 0.649. The number of hydrogen-bond donors (Lipinski definition) is 2. The third-order valence-electron chi connectivity index (χ3n) is 2.62. The number of nitrogens with one attached hydrogen (secondary N) is 1. The molecule has 1 aromatic carbocycles. The summed E-state index contributed by atoms with van der Waals surface area (Å²) < 4.78 is 10.2. The highest BCUT2D eigenvalue weighted by molar-refractivity contribution is 5.74. The maximum absolute atomic E-state index is 10.5. The van der Waals surface area contributed by atoms with Crippen molar-refractivity contribution >= 4 is 5.91 Å². The maximum Gasteiger partial charge on any atom is 0.243 e. The first-order chi connectivity index (χ1) is 9.63. The minimum Gasteiger partial charge on any atom is -0.479 e. The Morgan fingerprint density at radius 3 is 2.75 bits per heavy atom. The van der Waals surface area contributed by atoms with E-state index in [1.54, 1.807) is 0 Å². The molecule has 108 valence electrons. The lowest BCUT2D eigenvalue weighted by Gasteiger charge is -2.14. The molecule has 0 saturated heterocycles. The third-order valence-corrected chi connectivity index (χ3v) is 2.62. The Bertz CT molecular complexity index is 454. The number of hydrogen-bond acceptors (Lipinski definition) is 5. The summed E-state index contributed by atoms with van der Waals surface area (Å²) >= 11 is 0. The molecule has 0 heterocycles. The fourth-order valence-electron chi connectivity index (χ4n) is 1.61. The van der Waals surface area contributed by atoms with Crippen molar-refractivity contribution in [2.45, 2.75) is 13.0 Å². The highest BCUT2D eigenvalue weighted by atomic mass is 16.5. The lowest BCUT2D eigenvalue weighted by atomic mass is 10.1. The van der Waals surface area contributed by atoms with Crippen molar-refractivity contribution in [1.29, 1.82) is 5.26 Å². The Labute approximate surface area is 118 Å². The molecule has 0 bridgehead atoms. The number of nitriles is 1. The van der Waals surface area contributed by atoms with Gasteiger partial charge in [0, 0.05) is 12.6 Å². The highest BCUT2D eigenvalue weighted by Crippen LogP contribution is 2.17. The summed E-state index contributed by atoms with van der Waals surface area (Å²) in [6, 6.07) is 9.60. The van der Waals surface area contributed by atoms with Gasteiger partial charge in [-0.15, -0.1) is 0 Å². The van der Waals surface area contributed by atoms with Gasteiger partial charge in [0.15, 0.2) is 6.61 Å². The van der Waals surface area contributed by atoms with E-state index in [4.69, 9.17) is 20.5 Å². The van der Waals surface area contributed by atoms with Crippen LogP contribution < -0.4 is 15.8 Å². The lowest BCUT2D eigenvalue weighted by molar-refractivity contribution is -0.122. The molecule has 1 atom stereocenters. The Morgan fingerprint density at radius 1 is 1.45 bits per heavy atom. The van der Waals surface area contributed by atoms with Crippen LogP contribution in [-0.4, -0.2) is 32.3 Å². The first-order valence-corrected chi connectivity index (χ1v) is 6.32. The second-order valence-corrected chi connectivity index (χ2v) is 4.21. The van der Waals surface area contributed by atoms with Crippen molar-refractivity contribution in [2.75, 3.05) is 26.4 Å². The van der Waals surface area contributed by atoms with Gasteiger partial charge in [-0.05, 0) is 24.6 Å². The van der Waals surface area contributed by atoms with Crippen molar-refractivity contribution in [3.05, 3.63) is 29.8 Å². The van der Waals surface area contributed by atoms with Crippen LogP contribution in [0, 0.1) is 11.3 Å². The molecule has 1 rings (SSSR count). The van der Waals surface area contributed by atoms with Gasteiger partial charge in [0.05, 0.1) is 6.61 Å². The second-order valence-electron chi connectivity index (χ2n) is 4.21. The van der Waals surface area contributed by atoms with Crippen LogP contribution in [0.25, 0.3) is 0 Å². The van der Waals surface area contributed by atoms with Gasteiger partial charge < -0.3 is 20.5 Å². The molecule has 0 radical (unpaired) electrons. The van der Waals surface area contributed by atoms with E-state index in [0.29, 0.717) is 18.9 Å². The molecule has 20 heavy (non-hydrogen) atoms. The summed E-state index contributed by atoms with van der Waals surface area (Å²) in [4.78, 5) is 10.5. The van der Waals surface area contributed by atoms with E-state index >= 15 is 0 Å². The van der Waals surface area contributed by atoms with Gasteiger partial charge in [-0.2, -0.15) is 5.26 Å². The van der Waals surface area contributed by atoms with E-state index in [2.05, 4.69) is 5.32 Å². The minimum absolute atomic E-state index is 0.0460. The zero-order chi connectivity index (χ0) is 14.8. The number of benzene rings is 1. The summed E-state index contributed by atoms with van der Waals surface area (Å²) in [7, 11) is 0. The number of nitrogens with zero attached hydrogens (tertiary/aromatic N) is 1. The van der Waals surface area contributed by atoms with Crippen molar-refractivity contribution in [3.63, 3.8) is 0 Å². The molecule has 0 fully saturated rings. The van der Waals surface area contributed by atoms with Crippen LogP contribution in [0.15, 0.2) is 24.3 Å². The molecule has 0 aliphatic rings. The average Bonchev–Trinajstić information content (AvgIpc) is 2.44. The van der Waals surface area contributed by atoms with Gasteiger partial charge in [-0.3, -0.25) is 4.79 Å². The first kappa shape index (κ1) is 16.0. The summed E-state index contributed by atoms with van der Waals surface area (Å²) in [5.41, 5.74) is 6.06. The average molecular weight is 277 g/mol. The van der Waals surface area contributed by atoms with Gasteiger partial charge in [0.25, 0.3) is 0 Å². The Hall–Kier alpha value is -2.10. The largest absolute Gasteiger partial charge is 0.479 e. The van der Waals surface area contributed by atoms with Gasteiger partial charge in [-0.25, -0.2) is 0 Å².